The maximum atomic E-state index is 11.1. The second-order valence-corrected chi connectivity index (χ2v) is 3.72. The first-order chi connectivity index (χ1) is 6.67. The normalized spacial score (nSPS) is 26.9. The first-order valence-corrected chi connectivity index (χ1v) is 5.00. The summed E-state index contributed by atoms with van der Waals surface area (Å²) >= 11 is 0. The van der Waals surface area contributed by atoms with E-state index in [2.05, 4.69) is 17.0 Å². The Kier molecular flexibility index (Phi) is 3.92. The van der Waals surface area contributed by atoms with Crippen LogP contribution < -0.4 is 5.32 Å². The van der Waals surface area contributed by atoms with Gasteiger partial charge in [0.25, 0.3) is 0 Å². The van der Waals surface area contributed by atoms with Crippen LogP contribution in [0.3, 0.4) is 0 Å². The smallest absolute Gasteiger partial charge is 0.305 e. The van der Waals surface area contributed by atoms with Crippen molar-refractivity contribution in [2.75, 3.05) is 13.7 Å². The molecule has 0 aromatic heterocycles. The van der Waals surface area contributed by atoms with E-state index < -0.39 is 0 Å². The van der Waals surface area contributed by atoms with Crippen LogP contribution >= 0.6 is 0 Å². The molecule has 80 valence electrons. The van der Waals surface area contributed by atoms with Gasteiger partial charge in [-0.2, -0.15) is 0 Å². The molecule has 0 saturated carbocycles. The van der Waals surface area contributed by atoms with E-state index in [0.29, 0.717) is 25.3 Å². The molecule has 0 aliphatic carbocycles. The Morgan fingerprint density at radius 1 is 1.57 bits per heavy atom. The third-order valence-corrected chi connectivity index (χ3v) is 2.86. The predicted octanol–water partition coefficient (Wildman–Crippen LogP) is 0.712. The van der Waals surface area contributed by atoms with Crippen LogP contribution in [0.2, 0.25) is 0 Å². The Morgan fingerprint density at radius 3 is 2.86 bits per heavy atom. The Labute approximate surface area is 84.0 Å². The first kappa shape index (κ1) is 11.0. The van der Waals surface area contributed by atoms with Gasteiger partial charge in [-0.15, -0.1) is 0 Å². The maximum absolute atomic E-state index is 11.1. The Balaban J connectivity index is 2.52. The molecule has 1 heterocycles. The number of hydrogen-bond acceptors (Lipinski definition) is 3. The van der Waals surface area contributed by atoms with Crippen molar-refractivity contribution < 1.29 is 14.3 Å². The molecule has 0 bridgehead atoms. The average molecular weight is 199 g/mol. The van der Waals surface area contributed by atoms with Crippen LogP contribution in [0.25, 0.3) is 0 Å². The predicted molar refractivity (Wildman–Crippen MR) is 51.5 cm³/mol. The van der Waals surface area contributed by atoms with Gasteiger partial charge < -0.3 is 10.1 Å². The molecule has 1 fully saturated rings. The summed E-state index contributed by atoms with van der Waals surface area (Å²) in [6, 6.07) is 0. The number of methoxy groups -OCH3 is 1. The van der Waals surface area contributed by atoms with Gasteiger partial charge in [0.1, 0.15) is 0 Å². The molecule has 4 heteroatoms. The van der Waals surface area contributed by atoms with Gasteiger partial charge in [0, 0.05) is 19.4 Å². The topological polar surface area (TPSA) is 55.4 Å². The zero-order valence-electron chi connectivity index (χ0n) is 8.71. The SMILES string of the molecule is CC[C@H]1CNC(=O)C[C@H]1CC(=O)OC. The Hall–Kier alpha value is -1.06. The van der Waals surface area contributed by atoms with Crippen LogP contribution in [0.1, 0.15) is 26.2 Å². The molecule has 0 radical (unpaired) electrons. The van der Waals surface area contributed by atoms with E-state index in [1.165, 1.54) is 7.11 Å². The van der Waals surface area contributed by atoms with Crippen LogP contribution in [0.15, 0.2) is 0 Å². The minimum atomic E-state index is -0.219. The van der Waals surface area contributed by atoms with Crippen molar-refractivity contribution in [3.8, 4) is 0 Å². The summed E-state index contributed by atoms with van der Waals surface area (Å²) in [6.07, 6.45) is 1.80. The molecule has 0 unspecified atom stereocenters. The van der Waals surface area contributed by atoms with Crippen molar-refractivity contribution in [3.05, 3.63) is 0 Å². The fourth-order valence-electron chi connectivity index (χ4n) is 1.90. The van der Waals surface area contributed by atoms with Crippen molar-refractivity contribution in [2.45, 2.75) is 26.2 Å². The summed E-state index contributed by atoms with van der Waals surface area (Å²) in [7, 11) is 1.38. The van der Waals surface area contributed by atoms with Gasteiger partial charge in [0.15, 0.2) is 0 Å². The monoisotopic (exact) mass is 199 g/mol. The van der Waals surface area contributed by atoms with Gasteiger partial charge in [0.05, 0.1) is 7.11 Å². The minimum Gasteiger partial charge on any atom is -0.469 e. The second-order valence-electron chi connectivity index (χ2n) is 3.72. The molecule has 0 aromatic carbocycles. The maximum Gasteiger partial charge on any atom is 0.305 e. The van der Waals surface area contributed by atoms with E-state index in [1.807, 2.05) is 0 Å². The molecule has 4 nitrogen and oxygen atoms in total. The highest BCUT2D eigenvalue weighted by atomic mass is 16.5. The molecule has 2 atom stereocenters. The molecular formula is C10H17NO3. The van der Waals surface area contributed by atoms with Crippen LogP contribution in [-0.4, -0.2) is 25.5 Å². The number of piperidine rings is 1. The summed E-state index contributed by atoms with van der Waals surface area (Å²) in [6.45, 7) is 2.77. The van der Waals surface area contributed by atoms with E-state index in [1.54, 1.807) is 0 Å². The van der Waals surface area contributed by atoms with Crippen molar-refractivity contribution >= 4 is 11.9 Å². The Morgan fingerprint density at radius 2 is 2.29 bits per heavy atom. The fourth-order valence-corrected chi connectivity index (χ4v) is 1.90. The highest BCUT2D eigenvalue weighted by molar-refractivity contribution is 5.78. The highest BCUT2D eigenvalue weighted by Gasteiger charge is 2.29. The van der Waals surface area contributed by atoms with E-state index >= 15 is 0 Å². The van der Waals surface area contributed by atoms with Crippen LogP contribution in [0.5, 0.6) is 0 Å². The summed E-state index contributed by atoms with van der Waals surface area (Å²) in [5.74, 6) is 0.389. The molecule has 0 aromatic rings. The van der Waals surface area contributed by atoms with Gasteiger partial charge in [-0.25, -0.2) is 0 Å². The van der Waals surface area contributed by atoms with Crippen molar-refractivity contribution in [3.63, 3.8) is 0 Å². The van der Waals surface area contributed by atoms with Gasteiger partial charge in [-0.05, 0) is 11.8 Å². The molecular weight excluding hydrogens is 182 g/mol. The van der Waals surface area contributed by atoms with E-state index in [9.17, 15) is 9.59 Å². The number of carbonyl (C=O) groups excluding carboxylic acids is 2. The summed E-state index contributed by atoms with van der Waals surface area (Å²) < 4.78 is 4.61. The fraction of sp³-hybridized carbons (Fsp3) is 0.800. The number of esters is 1. The third-order valence-electron chi connectivity index (χ3n) is 2.86. The lowest BCUT2D eigenvalue weighted by Crippen LogP contribution is -2.41. The van der Waals surface area contributed by atoms with Crippen LogP contribution in [-0.2, 0) is 14.3 Å². The summed E-state index contributed by atoms with van der Waals surface area (Å²) in [4.78, 5) is 22.2. The zero-order valence-corrected chi connectivity index (χ0v) is 8.71. The quantitative estimate of drug-likeness (QED) is 0.681. The van der Waals surface area contributed by atoms with Gasteiger partial charge in [-0.1, -0.05) is 13.3 Å². The van der Waals surface area contributed by atoms with Gasteiger partial charge >= 0.3 is 5.97 Å². The molecule has 1 saturated heterocycles. The molecule has 0 spiro atoms. The third kappa shape index (κ3) is 2.72. The number of rotatable bonds is 3. The average Bonchev–Trinajstić information content (AvgIpc) is 2.18. The Bertz CT molecular complexity index is 227. The highest BCUT2D eigenvalue weighted by Crippen LogP contribution is 2.25. The molecule has 1 rings (SSSR count). The molecule has 14 heavy (non-hydrogen) atoms. The standard InChI is InChI=1S/C10H17NO3/c1-3-7-6-11-9(12)4-8(7)5-10(13)14-2/h7-8H,3-6H2,1-2H3,(H,11,12)/t7-,8-/m0/s1. The lowest BCUT2D eigenvalue weighted by Gasteiger charge is -2.29. The number of ether oxygens (including phenoxy) is 1. The van der Waals surface area contributed by atoms with Crippen LogP contribution in [0.4, 0.5) is 0 Å². The van der Waals surface area contributed by atoms with E-state index in [-0.39, 0.29) is 17.8 Å². The van der Waals surface area contributed by atoms with Gasteiger partial charge in [0.2, 0.25) is 5.91 Å². The molecule has 1 aliphatic heterocycles. The summed E-state index contributed by atoms with van der Waals surface area (Å²) in [5.41, 5.74) is 0. The lowest BCUT2D eigenvalue weighted by atomic mass is 9.82. The van der Waals surface area contributed by atoms with Crippen molar-refractivity contribution in [1.29, 1.82) is 0 Å². The number of carbonyl (C=O) groups is 2. The summed E-state index contributed by atoms with van der Waals surface area (Å²) in [5, 5.41) is 2.81. The van der Waals surface area contributed by atoms with Gasteiger partial charge in [-0.3, -0.25) is 9.59 Å². The zero-order chi connectivity index (χ0) is 10.6. The van der Waals surface area contributed by atoms with Crippen molar-refractivity contribution in [1.82, 2.24) is 5.32 Å². The largest absolute Gasteiger partial charge is 0.469 e. The van der Waals surface area contributed by atoms with E-state index in [4.69, 9.17) is 0 Å². The minimum absolute atomic E-state index is 0.0450. The molecule has 1 aliphatic rings. The van der Waals surface area contributed by atoms with Crippen molar-refractivity contribution in [2.24, 2.45) is 11.8 Å². The number of hydrogen-bond donors (Lipinski definition) is 1. The van der Waals surface area contributed by atoms with Crippen LogP contribution in [0, 0.1) is 11.8 Å². The lowest BCUT2D eigenvalue weighted by molar-refractivity contribution is -0.142. The first-order valence-electron chi connectivity index (χ1n) is 5.00. The molecule has 1 amide bonds. The number of amides is 1. The molecule has 1 N–H and O–H groups in total. The second kappa shape index (κ2) is 4.98. The van der Waals surface area contributed by atoms with E-state index in [0.717, 1.165) is 6.42 Å². The number of nitrogens with one attached hydrogen (secondary N) is 1.